The first-order valence-corrected chi connectivity index (χ1v) is 10.2. The molecule has 0 saturated carbocycles. The van der Waals surface area contributed by atoms with Gasteiger partial charge in [-0.1, -0.05) is 17.7 Å². The highest BCUT2D eigenvalue weighted by atomic mass is 16.6. The molecule has 170 valence electrons. The number of morpholine rings is 1. The highest BCUT2D eigenvalue weighted by Crippen LogP contribution is 2.25. The molecule has 1 aromatic heterocycles. The van der Waals surface area contributed by atoms with Gasteiger partial charge in [-0.3, -0.25) is 10.1 Å². The fraction of sp³-hybridized carbons (Fsp3) is 0.238. The summed E-state index contributed by atoms with van der Waals surface area (Å²) in [5, 5.41) is 27.8. The molecule has 1 saturated heterocycles. The molecule has 0 atom stereocenters. The number of aromatic hydroxyl groups is 1. The molecule has 1 aliphatic heterocycles. The Bertz CT molecular complexity index is 1160. The summed E-state index contributed by atoms with van der Waals surface area (Å²) in [5.41, 5.74) is 4.73. The molecule has 0 spiro atoms. The van der Waals surface area contributed by atoms with Crippen LogP contribution in [0.3, 0.4) is 0 Å². The maximum Gasteiger partial charge on any atom is 0.311 e. The molecule has 3 N–H and O–H groups in total. The predicted octanol–water partition coefficient (Wildman–Crippen LogP) is 2.82. The van der Waals surface area contributed by atoms with Gasteiger partial charge in [0, 0.05) is 30.4 Å². The number of anilines is 4. The van der Waals surface area contributed by atoms with Crippen LogP contribution >= 0.6 is 0 Å². The summed E-state index contributed by atoms with van der Waals surface area (Å²) in [6.07, 6.45) is 1.37. The van der Waals surface area contributed by atoms with Gasteiger partial charge in [0.25, 0.3) is 0 Å². The number of nitro groups is 1. The number of benzene rings is 2. The van der Waals surface area contributed by atoms with Crippen molar-refractivity contribution >= 4 is 35.4 Å². The van der Waals surface area contributed by atoms with Crippen molar-refractivity contribution < 1.29 is 14.8 Å². The smallest absolute Gasteiger partial charge is 0.311 e. The van der Waals surface area contributed by atoms with Crippen LogP contribution in [0.2, 0.25) is 0 Å². The van der Waals surface area contributed by atoms with E-state index in [0.29, 0.717) is 43.8 Å². The standard InChI is InChI=1S/C21H22N8O4/c1-14-2-5-16(6-3-14)23-19-24-20(26-21(25-19)28-8-10-33-11-9-28)27-22-13-15-4-7-18(30)17(12-15)29(31)32/h2-7,12-13,30H,8-11H2,1H3,(H2,23,24,25,26,27)/b22-13-. The highest BCUT2D eigenvalue weighted by molar-refractivity contribution is 5.82. The van der Waals surface area contributed by atoms with E-state index < -0.39 is 16.4 Å². The Morgan fingerprint density at radius 3 is 2.58 bits per heavy atom. The number of nitro benzene ring substituents is 1. The minimum Gasteiger partial charge on any atom is -0.502 e. The fourth-order valence-corrected chi connectivity index (χ4v) is 3.07. The molecule has 0 aliphatic carbocycles. The molecule has 12 nitrogen and oxygen atoms in total. The molecule has 12 heteroatoms. The van der Waals surface area contributed by atoms with E-state index >= 15 is 0 Å². The minimum atomic E-state index is -0.663. The molecule has 0 radical (unpaired) electrons. The molecular formula is C21H22N8O4. The molecule has 1 fully saturated rings. The van der Waals surface area contributed by atoms with E-state index in [-0.39, 0.29) is 5.95 Å². The van der Waals surface area contributed by atoms with E-state index in [1.54, 1.807) is 0 Å². The van der Waals surface area contributed by atoms with Gasteiger partial charge in [-0.05, 0) is 31.2 Å². The quantitative estimate of drug-likeness (QED) is 0.278. The second-order valence-corrected chi connectivity index (χ2v) is 7.25. The lowest BCUT2D eigenvalue weighted by atomic mass is 10.2. The summed E-state index contributed by atoms with van der Waals surface area (Å²) in [6, 6.07) is 11.8. The highest BCUT2D eigenvalue weighted by Gasteiger charge is 2.17. The number of hydrogen-bond donors (Lipinski definition) is 3. The summed E-state index contributed by atoms with van der Waals surface area (Å²) < 4.78 is 5.40. The predicted molar refractivity (Wildman–Crippen MR) is 123 cm³/mol. The van der Waals surface area contributed by atoms with Crippen LogP contribution in [0, 0.1) is 17.0 Å². The van der Waals surface area contributed by atoms with Gasteiger partial charge in [-0.25, -0.2) is 5.43 Å². The molecule has 2 heterocycles. The third kappa shape index (κ3) is 5.68. The number of hydrazone groups is 1. The zero-order valence-electron chi connectivity index (χ0n) is 17.8. The van der Waals surface area contributed by atoms with Crippen molar-refractivity contribution in [3.63, 3.8) is 0 Å². The minimum absolute atomic E-state index is 0.200. The third-order valence-corrected chi connectivity index (χ3v) is 4.80. The number of aryl methyl sites for hydroxylation is 1. The molecule has 4 rings (SSSR count). The van der Waals surface area contributed by atoms with Gasteiger partial charge in [0.1, 0.15) is 0 Å². The summed E-state index contributed by atoms with van der Waals surface area (Å²) >= 11 is 0. The summed E-state index contributed by atoms with van der Waals surface area (Å²) in [7, 11) is 0. The average Bonchev–Trinajstić information content (AvgIpc) is 2.82. The lowest BCUT2D eigenvalue weighted by Gasteiger charge is -2.27. The van der Waals surface area contributed by atoms with Crippen LogP contribution in [0.4, 0.5) is 29.2 Å². The van der Waals surface area contributed by atoms with Crippen LogP contribution in [-0.2, 0) is 4.74 Å². The molecule has 0 unspecified atom stereocenters. The lowest BCUT2D eigenvalue weighted by molar-refractivity contribution is -0.385. The number of phenolic OH excluding ortho intramolecular Hbond substituents is 1. The van der Waals surface area contributed by atoms with E-state index in [4.69, 9.17) is 4.74 Å². The SMILES string of the molecule is Cc1ccc(Nc2nc(N/N=C\c3ccc(O)c([N+](=O)[O-])c3)nc(N3CCOCC3)n2)cc1. The molecular weight excluding hydrogens is 428 g/mol. The third-order valence-electron chi connectivity index (χ3n) is 4.80. The van der Waals surface area contributed by atoms with Crippen molar-refractivity contribution in [2.24, 2.45) is 5.10 Å². The molecule has 0 bridgehead atoms. The van der Waals surface area contributed by atoms with Gasteiger partial charge in [-0.15, -0.1) is 0 Å². The topological polar surface area (TPSA) is 151 Å². The van der Waals surface area contributed by atoms with Crippen LogP contribution in [0.1, 0.15) is 11.1 Å². The fourth-order valence-electron chi connectivity index (χ4n) is 3.07. The Kier molecular flexibility index (Phi) is 6.55. The van der Waals surface area contributed by atoms with E-state index in [1.807, 2.05) is 36.1 Å². The Morgan fingerprint density at radius 2 is 1.85 bits per heavy atom. The van der Waals surface area contributed by atoms with Crippen molar-refractivity contribution in [2.75, 3.05) is 41.9 Å². The van der Waals surface area contributed by atoms with Crippen molar-refractivity contribution in [1.82, 2.24) is 15.0 Å². The van der Waals surface area contributed by atoms with Crippen LogP contribution in [-0.4, -0.2) is 57.5 Å². The van der Waals surface area contributed by atoms with Gasteiger partial charge in [0.15, 0.2) is 5.75 Å². The van der Waals surface area contributed by atoms with Gasteiger partial charge in [0.2, 0.25) is 17.8 Å². The number of rotatable bonds is 7. The van der Waals surface area contributed by atoms with Crippen molar-refractivity contribution in [2.45, 2.75) is 6.92 Å². The van der Waals surface area contributed by atoms with Gasteiger partial charge < -0.3 is 20.1 Å². The van der Waals surface area contributed by atoms with Crippen molar-refractivity contribution in [1.29, 1.82) is 0 Å². The second-order valence-electron chi connectivity index (χ2n) is 7.25. The first-order chi connectivity index (χ1) is 16.0. The zero-order valence-corrected chi connectivity index (χ0v) is 17.8. The molecule has 0 amide bonds. The normalized spacial score (nSPS) is 13.8. The maximum absolute atomic E-state index is 11.0. The van der Waals surface area contributed by atoms with E-state index in [9.17, 15) is 15.2 Å². The van der Waals surface area contributed by atoms with Crippen LogP contribution in [0.25, 0.3) is 0 Å². The number of nitrogens with one attached hydrogen (secondary N) is 2. The molecule has 3 aromatic rings. The molecule has 1 aliphatic rings. The Morgan fingerprint density at radius 1 is 1.12 bits per heavy atom. The maximum atomic E-state index is 11.0. The average molecular weight is 450 g/mol. The van der Waals surface area contributed by atoms with Crippen molar-refractivity contribution in [3.05, 3.63) is 63.7 Å². The van der Waals surface area contributed by atoms with Crippen molar-refractivity contribution in [3.8, 4) is 5.75 Å². The van der Waals surface area contributed by atoms with E-state index in [0.717, 1.165) is 11.3 Å². The number of ether oxygens (including phenoxy) is 1. The first kappa shape index (κ1) is 21.9. The Hall–Kier alpha value is -4.32. The van der Waals surface area contributed by atoms with Gasteiger partial charge >= 0.3 is 5.69 Å². The number of nitrogens with zero attached hydrogens (tertiary/aromatic N) is 6. The number of aromatic nitrogens is 3. The Balaban J connectivity index is 1.56. The van der Waals surface area contributed by atoms with E-state index in [1.165, 1.54) is 24.4 Å². The lowest BCUT2D eigenvalue weighted by Crippen LogP contribution is -2.37. The van der Waals surface area contributed by atoms with Crippen LogP contribution < -0.4 is 15.6 Å². The summed E-state index contributed by atoms with van der Waals surface area (Å²) in [6.45, 7) is 4.45. The number of hydrogen-bond acceptors (Lipinski definition) is 11. The summed E-state index contributed by atoms with van der Waals surface area (Å²) in [5.74, 6) is 0.601. The number of phenols is 1. The van der Waals surface area contributed by atoms with Crippen LogP contribution in [0.5, 0.6) is 5.75 Å². The monoisotopic (exact) mass is 450 g/mol. The molecule has 33 heavy (non-hydrogen) atoms. The largest absolute Gasteiger partial charge is 0.502 e. The summed E-state index contributed by atoms with van der Waals surface area (Å²) in [4.78, 5) is 25.7. The van der Waals surface area contributed by atoms with Gasteiger partial charge in [0.05, 0.1) is 24.4 Å². The first-order valence-electron chi connectivity index (χ1n) is 10.2. The molecule has 2 aromatic carbocycles. The zero-order chi connectivity index (χ0) is 23.2. The second kappa shape index (κ2) is 9.87. The van der Waals surface area contributed by atoms with Gasteiger partial charge in [-0.2, -0.15) is 20.1 Å². The Labute approximate surface area is 189 Å². The van der Waals surface area contributed by atoms with E-state index in [2.05, 4.69) is 30.8 Å². The van der Waals surface area contributed by atoms with Crippen LogP contribution in [0.15, 0.2) is 47.6 Å².